The molecule has 1 aliphatic heterocycles. The quantitative estimate of drug-likeness (QED) is 0.574. The average Bonchev–Trinajstić information content (AvgIpc) is 2.80. The lowest BCUT2D eigenvalue weighted by molar-refractivity contribution is 0.0938. The summed E-state index contributed by atoms with van der Waals surface area (Å²) >= 11 is 0. The fourth-order valence-electron chi connectivity index (χ4n) is 3.72. The van der Waals surface area contributed by atoms with Crippen LogP contribution in [0.5, 0.6) is 0 Å². The van der Waals surface area contributed by atoms with Gasteiger partial charge in [-0.1, -0.05) is 25.1 Å². The van der Waals surface area contributed by atoms with E-state index in [0.29, 0.717) is 49.0 Å². The lowest BCUT2D eigenvalue weighted by Crippen LogP contribution is -2.38. The van der Waals surface area contributed by atoms with Gasteiger partial charge in [0.2, 0.25) is 10.0 Å². The van der Waals surface area contributed by atoms with Crippen LogP contribution in [0.25, 0.3) is 0 Å². The van der Waals surface area contributed by atoms with E-state index in [1.165, 1.54) is 16.4 Å². The Hall–Kier alpha value is -2.75. The molecule has 8 nitrogen and oxygen atoms in total. The second kappa shape index (κ2) is 10.9. The van der Waals surface area contributed by atoms with Crippen molar-refractivity contribution in [3.8, 4) is 0 Å². The van der Waals surface area contributed by atoms with Crippen molar-refractivity contribution in [1.82, 2.24) is 9.62 Å². The van der Waals surface area contributed by atoms with Gasteiger partial charge < -0.3 is 15.4 Å². The van der Waals surface area contributed by atoms with Gasteiger partial charge in [0.15, 0.2) is 0 Å². The summed E-state index contributed by atoms with van der Waals surface area (Å²) in [6.07, 6.45) is 1.64. The number of sulfonamides is 1. The molecule has 0 aliphatic carbocycles. The van der Waals surface area contributed by atoms with Crippen molar-refractivity contribution in [2.75, 3.05) is 38.7 Å². The zero-order chi connectivity index (χ0) is 24.0. The molecule has 0 atom stereocenters. The first-order valence-corrected chi connectivity index (χ1v) is 12.5. The molecule has 2 aromatic carbocycles. The number of nitrogens with one attached hydrogen (secondary N) is 2. The van der Waals surface area contributed by atoms with Crippen molar-refractivity contribution in [3.05, 3.63) is 59.2 Å². The Morgan fingerprint density at radius 2 is 1.76 bits per heavy atom. The van der Waals surface area contributed by atoms with Gasteiger partial charge in [-0.15, -0.1) is 0 Å². The lowest BCUT2D eigenvalue weighted by atomic mass is 10.0. The normalized spacial score (nSPS) is 15.2. The number of carbonyl (C=O) groups is 2. The summed E-state index contributed by atoms with van der Waals surface area (Å²) in [5.74, 6) is -0.313. The third-order valence-electron chi connectivity index (χ3n) is 5.85. The number of amides is 2. The standard InChI is InChI=1S/C24H31N3O5S/c1-17-10-13-27(14-11-17)33(30,31)19-9-8-18(2)21(16-19)24(29)26-22-7-5-4-6-20(22)23(28)25-12-15-32-3/h4-9,16-17H,10-15H2,1-3H3,(H,25,28)(H,26,29). The molecule has 0 saturated carbocycles. The number of benzene rings is 2. The molecule has 1 saturated heterocycles. The van der Waals surface area contributed by atoms with Crippen LogP contribution in [-0.2, 0) is 14.8 Å². The number of aryl methyl sites for hydroxylation is 1. The van der Waals surface area contributed by atoms with Crippen LogP contribution >= 0.6 is 0 Å². The van der Waals surface area contributed by atoms with Crippen LogP contribution < -0.4 is 10.6 Å². The van der Waals surface area contributed by atoms with Crippen LogP contribution in [0.4, 0.5) is 5.69 Å². The van der Waals surface area contributed by atoms with E-state index in [1.807, 2.05) is 0 Å². The number of hydrogen-bond donors (Lipinski definition) is 2. The Labute approximate surface area is 195 Å². The van der Waals surface area contributed by atoms with Gasteiger partial charge in [-0.05, 0) is 55.5 Å². The summed E-state index contributed by atoms with van der Waals surface area (Å²) in [5.41, 5.74) is 1.54. The van der Waals surface area contributed by atoms with Gasteiger partial charge in [-0.25, -0.2) is 8.42 Å². The first-order chi connectivity index (χ1) is 15.7. The maximum absolute atomic E-state index is 13.1. The molecule has 2 aromatic rings. The van der Waals surface area contributed by atoms with Crippen LogP contribution in [0, 0.1) is 12.8 Å². The van der Waals surface area contributed by atoms with Crippen molar-refractivity contribution < 1.29 is 22.7 Å². The summed E-state index contributed by atoms with van der Waals surface area (Å²) < 4.78 is 32.7. The molecule has 1 heterocycles. The van der Waals surface area contributed by atoms with Gasteiger partial charge in [-0.3, -0.25) is 9.59 Å². The van der Waals surface area contributed by atoms with E-state index < -0.39 is 15.9 Å². The molecule has 1 fully saturated rings. The Morgan fingerprint density at radius 1 is 1.06 bits per heavy atom. The third kappa shape index (κ3) is 5.98. The molecule has 33 heavy (non-hydrogen) atoms. The molecular formula is C24H31N3O5S. The van der Waals surface area contributed by atoms with E-state index in [0.717, 1.165) is 12.8 Å². The Morgan fingerprint density at radius 3 is 2.45 bits per heavy atom. The van der Waals surface area contributed by atoms with Crippen molar-refractivity contribution in [2.45, 2.75) is 31.6 Å². The lowest BCUT2D eigenvalue weighted by Gasteiger charge is -2.29. The average molecular weight is 474 g/mol. The molecule has 178 valence electrons. The molecule has 9 heteroatoms. The van der Waals surface area contributed by atoms with Gasteiger partial charge in [0, 0.05) is 32.3 Å². The second-order valence-corrected chi connectivity index (χ2v) is 10.2. The molecule has 0 bridgehead atoms. The number of rotatable bonds is 8. The number of ether oxygens (including phenoxy) is 1. The van der Waals surface area contributed by atoms with E-state index in [4.69, 9.17) is 4.74 Å². The van der Waals surface area contributed by atoms with Gasteiger partial charge in [0.05, 0.1) is 22.8 Å². The van der Waals surface area contributed by atoms with Crippen LogP contribution in [0.2, 0.25) is 0 Å². The minimum atomic E-state index is -3.69. The largest absolute Gasteiger partial charge is 0.383 e. The third-order valence-corrected chi connectivity index (χ3v) is 7.74. The van der Waals surface area contributed by atoms with Crippen LogP contribution in [0.3, 0.4) is 0 Å². The maximum atomic E-state index is 13.1. The highest BCUT2D eigenvalue weighted by molar-refractivity contribution is 7.89. The van der Waals surface area contributed by atoms with Gasteiger partial charge >= 0.3 is 0 Å². The summed E-state index contributed by atoms with van der Waals surface area (Å²) in [7, 11) is -2.14. The monoisotopic (exact) mass is 473 g/mol. The number of piperidine rings is 1. The van der Waals surface area contributed by atoms with E-state index in [1.54, 1.807) is 44.4 Å². The number of methoxy groups -OCH3 is 1. The predicted octanol–water partition coefficient (Wildman–Crippen LogP) is 3.04. The summed E-state index contributed by atoms with van der Waals surface area (Å²) in [6.45, 7) is 5.53. The smallest absolute Gasteiger partial charge is 0.255 e. The van der Waals surface area contributed by atoms with Crippen molar-refractivity contribution in [2.24, 2.45) is 5.92 Å². The van der Waals surface area contributed by atoms with E-state index >= 15 is 0 Å². The zero-order valence-electron chi connectivity index (χ0n) is 19.3. The highest BCUT2D eigenvalue weighted by Gasteiger charge is 2.29. The first kappa shape index (κ1) is 24.9. The molecule has 2 amide bonds. The Balaban J connectivity index is 1.82. The molecule has 0 spiro atoms. The zero-order valence-corrected chi connectivity index (χ0v) is 20.1. The van der Waals surface area contributed by atoms with Gasteiger partial charge in [-0.2, -0.15) is 4.31 Å². The van der Waals surface area contributed by atoms with Crippen LogP contribution in [0.1, 0.15) is 46.0 Å². The molecule has 0 unspecified atom stereocenters. The predicted molar refractivity (Wildman–Crippen MR) is 127 cm³/mol. The molecule has 3 rings (SSSR count). The van der Waals surface area contributed by atoms with E-state index in [-0.39, 0.29) is 16.4 Å². The number of hydrogen-bond acceptors (Lipinski definition) is 5. The number of nitrogens with zero attached hydrogens (tertiary/aromatic N) is 1. The highest BCUT2D eigenvalue weighted by atomic mass is 32.2. The highest BCUT2D eigenvalue weighted by Crippen LogP contribution is 2.25. The molecule has 0 radical (unpaired) electrons. The molecule has 2 N–H and O–H groups in total. The molecule has 1 aliphatic rings. The molecule has 0 aromatic heterocycles. The van der Waals surface area contributed by atoms with Gasteiger partial charge in [0.1, 0.15) is 0 Å². The van der Waals surface area contributed by atoms with E-state index in [9.17, 15) is 18.0 Å². The Kier molecular flexibility index (Phi) is 8.23. The summed E-state index contributed by atoms with van der Waals surface area (Å²) in [5, 5.41) is 5.50. The maximum Gasteiger partial charge on any atom is 0.255 e. The van der Waals surface area contributed by atoms with Crippen molar-refractivity contribution in [1.29, 1.82) is 0 Å². The SMILES string of the molecule is COCCNC(=O)c1ccccc1NC(=O)c1cc(S(=O)(=O)N2CCC(C)CC2)ccc1C. The number of para-hydroxylation sites is 1. The molecular weight excluding hydrogens is 442 g/mol. The number of carbonyl (C=O) groups excluding carboxylic acids is 2. The fraction of sp³-hybridized carbons (Fsp3) is 0.417. The van der Waals surface area contributed by atoms with Crippen LogP contribution in [-0.4, -0.2) is 57.9 Å². The second-order valence-electron chi connectivity index (χ2n) is 8.31. The topological polar surface area (TPSA) is 105 Å². The van der Waals surface area contributed by atoms with Crippen LogP contribution in [0.15, 0.2) is 47.4 Å². The van der Waals surface area contributed by atoms with Crippen molar-refractivity contribution in [3.63, 3.8) is 0 Å². The van der Waals surface area contributed by atoms with E-state index in [2.05, 4.69) is 17.6 Å². The fourth-order valence-corrected chi connectivity index (χ4v) is 5.22. The number of anilines is 1. The van der Waals surface area contributed by atoms with Gasteiger partial charge in [0.25, 0.3) is 11.8 Å². The minimum Gasteiger partial charge on any atom is -0.383 e. The first-order valence-electron chi connectivity index (χ1n) is 11.0. The summed E-state index contributed by atoms with van der Waals surface area (Å²) in [6, 6.07) is 11.3. The van der Waals surface area contributed by atoms with Crippen molar-refractivity contribution >= 4 is 27.5 Å². The Bertz CT molecular complexity index is 1110. The minimum absolute atomic E-state index is 0.0957. The summed E-state index contributed by atoms with van der Waals surface area (Å²) in [4.78, 5) is 25.7.